The first-order valence-electron chi connectivity index (χ1n) is 6.75. The maximum Gasteiger partial charge on any atom is 0.330 e. The van der Waals surface area contributed by atoms with E-state index < -0.39 is 29.4 Å². The van der Waals surface area contributed by atoms with Crippen molar-refractivity contribution < 1.29 is 19.1 Å². The molecule has 1 aromatic carbocycles. The Morgan fingerprint density at radius 1 is 1.23 bits per heavy atom. The number of carbonyl (C=O) groups excluding carboxylic acids is 3. The monoisotopic (exact) mass is 307 g/mol. The number of anilines is 1. The van der Waals surface area contributed by atoms with Crippen LogP contribution in [-0.2, 0) is 14.3 Å². The van der Waals surface area contributed by atoms with Gasteiger partial charge in [0.1, 0.15) is 5.54 Å². The maximum absolute atomic E-state index is 12.4. The van der Waals surface area contributed by atoms with E-state index in [1.54, 1.807) is 31.2 Å². The summed E-state index contributed by atoms with van der Waals surface area (Å²) in [6, 6.07) is 5.75. The normalized spacial score (nSPS) is 12.2. The van der Waals surface area contributed by atoms with Crippen molar-refractivity contribution in [3.63, 3.8) is 0 Å². The van der Waals surface area contributed by atoms with Crippen molar-refractivity contribution in [3.8, 4) is 0 Å². The Bertz CT molecular complexity index is 582. The second kappa shape index (κ2) is 7.04. The van der Waals surface area contributed by atoms with Gasteiger partial charge in [-0.25, -0.2) is 4.79 Å². The van der Waals surface area contributed by atoms with Gasteiger partial charge in [0.2, 0.25) is 5.91 Å². The average Bonchev–Trinajstić information content (AvgIpc) is 2.46. The molecule has 120 valence electrons. The van der Waals surface area contributed by atoms with Gasteiger partial charge in [-0.15, -0.1) is 0 Å². The predicted octanol–water partition coefficient (Wildman–Crippen LogP) is 0.654. The standard InChI is InChI=1S/C15H21N3O4/c1-9(16)12(19)17-11-8-6-5-7-10(11)13(20)18-15(2,3)14(21)22-4/h5-9H,16H2,1-4H3,(H,17,19)(H,18,20). The summed E-state index contributed by atoms with van der Waals surface area (Å²) in [5.74, 6) is -1.48. The van der Waals surface area contributed by atoms with Crippen LogP contribution in [0.2, 0.25) is 0 Å². The molecule has 0 bridgehead atoms. The van der Waals surface area contributed by atoms with Crippen LogP contribution in [0, 0.1) is 0 Å². The summed E-state index contributed by atoms with van der Waals surface area (Å²) < 4.78 is 4.64. The minimum Gasteiger partial charge on any atom is -0.467 e. The number of esters is 1. The van der Waals surface area contributed by atoms with Gasteiger partial charge in [-0.1, -0.05) is 12.1 Å². The third kappa shape index (κ3) is 4.29. The van der Waals surface area contributed by atoms with Crippen molar-refractivity contribution in [2.75, 3.05) is 12.4 Å². The highest BCUT2D eigenvalue weighted by Gasteiger charge is 2.31. The first kappa shape index (κ1) is 17.6. The lowest BCUT2D eigenvalue weighted by atomic mass is 10.0. The summed E-state index contributed by atoms with van der Waals surface area (Å²) in [5, 5.41) is 5.15. The van der Waals surface area contributed by atoms with Crippen LogP contribution in [0.15, 0.2) is 24.3 Å². The number of ether oxygens (including phenoxy) is 1. The van der Waals surface area contributed by atoms with Crippen molar-refractivity contribution in [2.24, 2.45) is 5.73 Å². The molecule has 7 heteroatoms. The predicted molar refractivity (Wildman–Crippen MR) is 82.3 cm³/mol. The van der Waals surface area contributed by atoms with E-state index in [0.717, 1.165) is 0 Å². The van der Waals surface area contributed by atoms with Crippen molar-refractivity contribution in [2.45, 2.75) is 32.4 Å². The van der Waals surface area contributed by atoms with Crippen LogP contribution in [0.4, 0.5) is 5.69 Å². The zero-order valence-electron chi connectivity index (χ0n) is 13.1. The quantitative estimate of drug-likeness (QED) is 0.692. The molecule has 0 aromatic heterocycles. The Hall–Kier alpha value is -2.41. The molecule has 1 unspecified atom stereocenters. The first-order valence-corrected chi connectivity index (χ1v) is 6.75. The Kier molecular flexibility index (Phi) is 5.64. The molecule has 0 fully saturated rings. The van der Waals surface area contributed by atoms with Gasteiger partial charge in [-0.05, 0) is 32.9 Å². The van der Waals surface area contributed by atoms with E-state index in [-0.39, 0.29) is 5.56 Å². The molecule has 1 aromatic rings. The van der Waals surface area contributed by atoms with Crippen LogP contribution in [-0.4, -0.2) is 36.5 Å². The molecule has 0 aliphatic rings. The van der Waals surface area contributed by atoms with E-state index in [0.29, 0.717) is 5.69 Å². The highest BCUT2D eigenvalue weighted by Crippen LogP contribution is 2.17. The summed E-state index contributed by atoms with van der Waals surface area (Å²) in [5.41, 5.74) is 4.86. The number of nitrogens with one attached hydrogen (secondary N) is 2. The molecule has 0 aliphatic heterocycles. The Labute approximate surface area is 129 Å². The Morgan fingerprint density at radius 3 is 2.36 bits per heavy atom. The van der Waals surface area contributed by atoms with Gasteiger partial charge in [-0.3, -0.25) is 9.59 Å². The molecular formula is C15H21N3O4. The van der Waals surface area contributed by atoms with Crippen LogP contribution >= 0.6 is 0 Å². The van der Waals surface area contributed by atoms with Crippen molar-refractivity contribution in [1.82, 2.24) is 5.32 Å². The van der Waals surface area contributed by atoms with E-state index in [9.17, 15) is 14.4 Å². The SMILES string of the molecule is COC(=O)C(C)(C)NC(=O)c1ccccc1NC(=O)C(C)N. The van der Waals surface area contributed by atoms with Crippen molar-refractivity contribution >= 4 is 23.5 Å². The van der Waals surface area contributed by atoms with Gasteiger partial charge in [0.05, 0.1) is 24.4 Å². The molecule has 1 rings (SSSR count). The number of carbonyl (C=O) groups is 3. The molecule has 4 N–H and O–H groups in total. The molecule has 22 heavy (non-hydrogen) atoms. The third-order valence-corrected chi connectivity index (χ3v) is 2.96. The minimum absolute atomic E-state index is 0.230. The van der Waals surface area contributed by atoms with E-state index in [4.69, 9.17) is 5.73 Å². The largest absolute Gasteiger partial charge is 0.467 e. The average molecular weight is 307 g/mol. The second-order valence-corrected chi connectivity index (χ2v) is 5.39. The van der Waals surface area contributed by atoms with E-state index in [2.05, 4.69) is 15.4 Å². The summed E-state index contributed by atoms with van der Waals surface area (Å²) in [4.78, 5) is 35.7. The van der Waals surface area contributed by atoms with Gasteiger partial charge in [0, 0.05) is 0 Å². The smallest absolute Gasteiger partial charge is 0.330 e. The Morgan fingerprint density at radius 2 is 1.82 bits per heavy atom. The van der Waals surface area contributed by atoms with E-state index in [1.165, 1.54) is 21.0 Å². The van der Waals surface area contributed by atoms with Gasteiger partial charge in [-0.2, -0.15) is 0 Å². The molecule has 0 saturated heterocycles. The Balaban J connectivity index is 2.99. The van der Waals surface area contributed by atoms with Gasteiger partial charge >= 0.3 is 5.97 Å². The van der Waals surface area contributed by atoms with Gasteiger partial charge < -0.3 is 21.1 Å². The summed E-state index contributed by atoms with van der Waals surface area (Å²) in [6.45, 7) is 4.60. The molecule has 0 heterocycles. The summed E-state index contributed by atoms with van der Waals surface area (Å²) >= 11 is 0. The number of para-hydroxylation sites is 1. The number of amides is 2. The van der Waals surface area contributed by atoms with Crippen LogP contribution in [0.1, 0.15) is 31.1 Å². The lowest BCUT2D eigenvalue weighted by molar-refractivity contribution is -0.146. The summed E-state index contributed by atoms with van der Waals surface area (Å²) in [7, 11) is 1.24. The number of benzene rings is 1. The molecule has 0 saturated carbocycles. The topological polar surface area (TPSA) is 111 Å². The van der Waals surface area contributed by atoms with Gasteiger partial charge in [0.15, 0.2) is 0 Å². The highest BCUT2D eigenvalue weighted by atomic mass is 16.5. The molecule has 7 nitrogen and oxygen atoms in total. The van der Waals surface area contributed by atoms with Crippen molar-refractivity contribution in [3.05, 3.63) is 29.8 Å². The van der Waals surface area contributed by atoms with Crippen LogP contribution in [0.5, 0.6) is 0 Å². The van der Waals surface area contributed by atoms with Crippen LogP contribution in [0.25, 0.3) is 0 Å². The zero-order chi connectivity index (χ0) is 16.9. The maximum atomic E-state index is 12.4. The molecule has 0 radical (unpaired) electrons. The molecule has 0 aliphatic carbocycles. The molecule has 2 amide bonds. The van der Waals surface area contributed by atoms with Crippen LogP contribution < -0.4 is 16.4 Å². The fourth-order valence-electron chi connectivity index (χ4n) is 1.69. The number of hydrogen-bond acceptors (Lipinski definition) is 5. The minimum atomic E-state index is -1.19. The fraction of sp³-hybridized carbons (Fsp3) is 0.400. The third-order valence-electron chi connectivity index (χ3n) is 2.96. The summed E-state index contributed by atoms with van der Waals surface area (Å²) in [6.07, 6.45) is 0. The number of hydrogen-bond donors (Lipinski definition) is 3. The lowest BCUT2D eigenvalue weighted by Gasteiger charge is -2.23. The van der Waals surface area contributed by atoms with E-state index in [1.807, 2.05) is 0 Å². The second-order valence-electron chi connectivity index (χ2n) is 5.39. The molecule has 1 atom stereocenters. The molecule has 0 spiro atoms. The highest BCUT2D eigenvalue weighted by molar-refractivity contribution is 6.06. The number of methoxy groups -OCH3 is 1. The molecular weight excluding hydrogens is 286 g/mol. The zero-order valence-corrected chi connectivity index (χ0v) is 13.1. The van der Waals surface area contributed by atoms with Crippen LogP contribution in [0.3, 0.4) is 0 Å². The lowest BCUT2D eigenvalue weighted by Crippen LogP contribution is -2.50. The van der Waals surface area contributed by atoms with E-state index >= 15 is 0 Å². The fourth-order valence-corrected chi connectivity index (χ4v) is 1.69. The first-order chi connectivity index (χ1) is 10.2. The van der Waals surface area contributed by atoms with Crippen molar-refractivity contribution in [1.29, 1.82) is 0 Å². The van der Waals surface area contributed by atoms with Gasteiger partial charge in [0.25, 0.3) is 5.91 Å². The number of rotatable bonds is 5. The number of nitrogens with two attached hydrogens (primary N) is 1.